The maximum atomic E-state index is 12.7. The molecule has 1 unspecified atom stereocenters. The van der Waals surface area contributed by atoms with Crippen molar-refractivity contribution in [1.82, 2.24) is 9.80 Å². The molecule has 0 heterocycles. The number of carbonyl (C=O) groups excluding carboxylic acids is 1. The second kappa shape index (κ2) is 6.46. The van der Waals surface area contributed by atoms with Crippen LogP contribution in [0.4, 0.5) is 4.79 Å². The first-order valence-electron chi connectivity index (χ1n) is 7.78. The molecule has 2 aliphatic carbocycles. The summed E-state index contributed by atoms with van der Waals surface area (Å²) in [5.41, 5.74) is 0. The van der Waals surface area contributed by atoms with Gasteiger partial charge in [0.25, 0.3) is 0 Å². The van der Waals surface area contributed by atoms with Gasteiger partial charge in [0.2, 0.25) is 0 Å². The van der Waals surface area contributed by atoms with Gasteiger partial charge in [-0.05, 0) is 50.9 Å². The van der Waals surface area contributed by atoms with Crippen LogP contribution in [0.1, 0.15) is 46.0 Å². The van der Waals surface area contributed by atoms with Gasteiger partial charge in [-0.1, -0.05) is 6.92 Å². The summed E-state index contributed by atoms with van der Waals surface area (Å²) in [5, 5.41) is 9.04. The van der Waals surface area contributed by atoms with Gasteiger partial charge in [-0.25, -0.2) is 4.79 Å². The molecule has 20 heavy (non-hydrogen) atoms. The highest BCUT2D eigenvalue weighted by atomic mass is 16.4. The van der Waals surface area contributed by atoms with Crippen LogP contribution in [0.3, 0.4) is 0 Å². The lowest BCUT2D eigenvalue weighted by molar-refractivity contribution is -0.138. The molecule has 114 valence electrons. The van der Waals surface area contributed by atoms with Crippen LogP contribution >= 0.6 is 0 Å². The summed E-state index contributed by atoms with van der Waals surface area (Å²) in [4.78, 5) is 27.1. The van der Waals surface area contributed by atoms with Gasteiger partial charge in [0.15, 0.2) is 0 Å². The van der Waals surface area contributed by atoms with Crippen molar-refractivity contribution < 1.29 is 14.7 Å². The van der Waals surface area contributed by atoms with Crippen molar-refractivity contribution >= 4 is 12.0 Å². The fourth-order valence-electron chi connectivity index (χ4n) is 2.41. The topological polar surface area (TPSA) is 60.9 Å². The Morgan fingerprint density at radius 1 is 1.15 bits per heavy atom. The van der Waals surface area contributed by atoms with Gasteiger partial charge in [0.05, 0.1) is 0 Å². The van der Waals surface area contributed by atoms with Crippen molar-refractivity contribution in [2.24, 2.45) is 11.8 Å². The third-order valence-corrected chi connectivity index (χ3v) is 4.30. The molecule has 0 aromatic carbocycles. The van der Waals surface area contributed by atoms with E-state index < -0.39 is 5.97 Å². The Bertz CT molecular complexity index is 350. The number of urea groups is 1. The molecule has 1 N–H and O–H groups in total. The zero-order valence-corrected chi connectivity index (χ0v) is 12.5. The molecule has 0 aromatic rings. The molecule has 5 heteroatoms. The van der Waals surface area contributed by atoms with Crippen LogP contribution in [0, 0.1) is 11.8 Å². The predicted octanol–water partition coefficient (Wildman–Crippen LogP) is 2.41. The number of amides is 2. The first-order chi connectivity index (χ1) is 9.51. The van der Waals surface area contributed by atoms with Gasteiger partial charge in [-0.2, -0.15) is 0 Å². The standard InChI is InChI=1S/C15H26N2O3/c1-3-11(2)17(10-14(18)19)15(20)16(8-12-4-5-12)9-13-6-7-13/h11-13H,3-10H2,1-2H3,(H,18,19). The number of carboxylic acids is 1. The minimum absolute atomic E-state index is 0.0282. The molecule has 2 fully saturated rings. The maximum Gasteiger partial charge on any atom is 0.323 e. The van der Waals surface area contributed by atoms with E-state index in [1.54, 1.807) is 0 Å². The molecule has 0 spiro atoms. The van der Waals surface area contributed by atoms with E-state index in [4.69, 9.17) is 5.11 Å². The van der Waals surface area contributed by atoms with E-state index >= 15 is 0 Å². The number of carbonyl (C=O) groups is 2. The summed E-state index contributed by atoms with van der Waals surface area (Å²) in [6.07, 6.45) is 5.60. The third kappa shape index (κ3) is 4.39. The molecule has 0 radical (unpaired) electrons. The summed E-state index contributed by atoms with van der Waals surface area (Å²) in [6.45, 7) is 5.33. The minimum Gasteiger partial charge on any atom is -0.480 e. The Balaban J connectivity index is 2.01. The zero-order chi connectivity index (χ0) is 14.7. The Kier molecular flexibility index (Phi) is 4.89. The molecule has 0 aliphatic heterocycles. The Morgan fingerprint density at radius 2 is 1.65 bits per heavy atom. The van der Waals surface area contributed by atoms with Crippen LogP contribution in [0.5, 0.6) is 0 Å². The predicted molar refractivity (Wildman–Crippen MR) is 76.5 cm³/mol. The van der Waals surface area contributed by atoms with E-state index in [0.717, 1.165) is 19.5 Å². The van der Waals surface area contributed by atoms with Crippen LogP contribution in [0.25, 0.3) is 0 Å². The second-order valence-electron chi connectivity index (χ2n) is 6.35. The van der Waals surface area contributed by atoms with E-state index in [0.29, 0.717) is 11.8 Å². The minimum atomic E-state index is -0.934. The van der Waals surface area contributed by atoms with Gasteiger partial charge in [0, 0.05) is 19.1 Å². The molecular formula is C15H26N2O3. The van der Waals surface area contributed by atoms with Crippen LogP contribution in [0.15, 0.2) is 0 Å². The van der Waals surface area contributed by atoms with Gasteiger partial charge >= 0.3 is 12.0 Å². The van der Waals surface area contributed by atoms with E-state index in [1.807, 2.05) is 18.7 Å². The fourth-order valence-corrected chi connectivity index (χ4v) is 2.41. The molecule has 5 nitrogen and oxygen atoms in total. The number of nitrogens with zero attached hydrogens (tertiary/aromatic N) is 2. The SMILES string of the molecule is CCC(C)N(CC(=O)O)C(=O)N(CC1CC1)CC1CC1. The normalized spacial score (nSPS) is 19.5. The monoisotopic (exact) mass is 282 g/mol. The highest BCUT2D eigenvalue weighted by Gasteiger charge is 2.34. The molecule has 2 rings (SSSR count). The third-order valence-electron chi connectivity index (χ3n) is 4.30. The van der Waals surface area contributed by atoms with Crippen molar-refractivity contribution in [1.29, 1.82) is 0 Å². The van der Waals surface area contributed by atoms with Crippen LogP contribution in [-0.4, -0.2) is 52.6 Å². The first-order valence-corrected chi connectivity index (χ1v) is 7.78. The molecule has 2 aliphatic rings. The van der Waals surface area contributed by atoms with Crippen molar-refractivity contribution in [2.75, 3.05) is 19.6 Å². The molecule has 0 aromatic heterocycles. The number of aliphatic carboxylic acids is 1. The van der Waals surface area contributed by atoms with Crippen LogP contribution in [0.2, 0.25) is 0 Å². The highest BCUT2D eigenvalue weighted by molar-refractivity contribution is 5.80. The summed E-state index contributed by atoms with van der Waals surface area (Å²) >= 11 is 0. The van der Waals surface area contributed by atoms with Crippen LogP contribution in [-0.2, 0) is 4.79 Å². The summed E-state index contributed by atoms with van der Waals surface area (Å²) < 4.78 is 0. The molecule has 1 atom stereocenters. The number of carboxylic acid groups (broad SMARTS) is 1. The summed E-state index contributed by atoms with van der Waals surface area (Å²) in [5.74, 6) is 0.346. The molecule has 0 bridgehead atoms. The molecular weight excluding hydrogens is 256 g/mol. The van der Waals surface area contributed by atoms with Crippen molar-refractivity contribution in [3.8, 4) is 0 Å². The highest BCUT2D eigenvalue weighted by Crippen LogP contribution is 2.34. The van der Waals surface area contributed by atoms with Crippen LogP contribution < -0.4 is 0 Å². The Labute approximate surface area is 120 Å². The smallest absolute Gasteiger partial charge is 0.323 e. The van der Waals surface area contributed by atoms with Crippen molar-refractivity contribution in [2.45, 2.75) is 52.0 Å². The fraction of sp³-hybridized carbons (Fsp3) is 0.867. The quantitative estimate of drug-likeness (QED) is 0.743. The zero-order valence-electron chi connectivity index (χ0n) is 12.5. The second-order valence-corrected chi connectivity index (χ2v) is 6.35. The van der Waals surface area contributed by atoms with E-state index in [9.17, 15) is 9.59 Å². The number of rotatable bonds is 8. The van der Waals surface area contributed by atoms with Gasteiger partial charge in [0.1, 0.15) is 6.54 Å². The average molecular weight is 282 g/mol. The van der Waals surface area contributed by atoms with Crippen molar-refractivity contribution in [3.05, 3.63) is 0 Å². The number of hydrogen-bond donors (Lipinski definition) is 1. The lowest BCUT2D eigenvalue weighted by Crippen LogP contribution is -2.50. The van der Waals surface area contributed by atoms with E-state index in [1.165, 1.54) is 30.6 Å². The summed E-state index contributed by atoms with van der Waals surface area (Å²) in [6, 6.07) is -0.111. The van der Waals surface area contributed by atoms with Gasteiger partial charge in [-0.3, -0.25) is 4.79 Å². The average Bonchev–Trinajstić information content (AvgIpc) is 3.28. The summed E-state index contributed by atoms with van der Waals surface area (Å²) in [7, 11) is 0. The molecule has 0 saturated heterocycles. The van der Waals surface area contributed by atoms with Gasteiger partial charge in [-0.15, -0.1) is 0 Å². The molecule has 2 amide bonds. The lowest BCUT2D eigenvalue weighted by Gasteiger charge is -2.33. The lowest BCUT2D eigenvalue weighted by atomic mass is 10.2. The Morgan fingerprint density at radius 3 is 2.00 bits per heavy atom. The van der Waals surface area contributed by atoms with Gasteiger partial charge < -0.3 is 14.9 Å². The first kappa shape index (κ1) is 15.1. The number of hydrogen-bond acceptors (Lipinski definition) is 2. The largest absolute Gasteiger partial charge is 0.480 e. The van der Waals surface area contributed by atoms with E-state index in [-0.39, 0.29) is 18.6 Å². The maximum absolute atomic E-state index is 12.7. The van der Waals surface area contributed by atoms with E-state index in [2.05, 4.69) is 0 Å². The molecule has 2 saturated carbocycles. The van der Waals surface area contributed by atoms with Crippen molar-refractivity contribution in [3.63, 3.8) is 0 Å². The Hall–Kier alpha value is -1.26.